The van der Waals surface area contributed by atoms with Crippen LogP contribution in [0.25, 0.3) is 0 Å². The van der Waals surface area contributed by atoms with E-state index in [1.54, 1.807) is 23.1 Å². The summed E-state index contributed by atoms with van der Waals surface area (Å²) in [5.74, 6) is 8.18. The summed E-state index contributed by atoms with van der Waals surface area (Å²) in [5.41, 5.74) is 1.39. The van der Waals surface area contributed by atoms with Crippen LogP contribution in [0.2, 0.25) is 5.02 Å². The van der Waals surface area contributed by atoms with E-state index in [1.165, 1.54) is 0 Å². The van der Waals surface area contributed by atoms with E-state index in [1.807, 2.05) is 37.8 Å². The third-order valence-corrected chi connectivity index (χ3v) is 10.6. The lowest BCUT2D eigenvalue weighted by Crippen LogP contribution is -2.74. The summed E-state index contributed by atoms with van der Waals surface area (Å²) in [6.45, 7) is 19.2. The van der Waals surface area contributed by atoms with Gasteiger partial charge in [-0.1, -0.05) is 45.2 Å². The largest absolute Gasteiger partial charge is 0.489 e. The number of piperidine rings is 1. The first-order valence-electron chi connectivity index (χ1n) is 17.0. The Morgan fingerprint density at radius 2 is 1.77 bits per heavy atom. The van der Waals surface area contributed by atoms with Crippen molar-refractivity contribution in [3.63, 3.8) is 0 Å². The fraction of sp³-hybridized carbons (Fsp3) is 0.579. The van der Waals surface area contributed by atoms with E-state index in [4.69, 9.17) is 26.1 Å². The van der Waals surface area contributed by atoms with Crippen LogP contribution in [0.1, 0.15) is 88.6 Å². The van der Waals surface area contributed by atoms with E-state index in [0.717, 1.165) is 51.3 Å². The second kappa shape index (κ2) is 12.6. The van der Waals surface area contributed by atoms with Gasteiger partial charge in [-0.2, -0.15) is 5.26 Å². The first-order valence-corrected chi connectivity index (χ1v) is 17.3. The molecular weight excluding hydrogens is 626 g/mol. The van der Waals surface area contributed by atoms with E-state index in [9.17, 15) is 14.9 Å². The van der Waals surface area contributed by atoms with Crippen LogP contribution in [0, 0.1) is 45.8 Å². The molecule has 6 rings (SSSR count). The van der Waals surface area contributed by atoms with Crippen LogP contribution >= 0.6 is 11.6 Å². The summed E-state index contributed by atoms with van der Waals surface area (Å²) >= 11 is 6.27. The number of hydrogen-bond donors (Lipinski definition) is 0. The molecule has 1 aliphatic carbocycles. The normalized spacial score (nSPS) is 23.7. The molecule has 1 saturated carbocycles. The van der Waals surface area contributed by atoms with E-state index >= 15 is 0 Å². The Kier molecular flexibility index (Phi) is 8.94. The SMILES string of the molecule is CC(C)(C)OC(=O)N1CC(CN2CCC(C#Cc3ccc4c(n3)CN(C3C(C)(C)C(Oc5ccc(C#N)c(Cl)c5)C3(C)C)C4=O)CC2)C1. The smallest absolute Gasteiger partial charge is 0.410 e. The number of hydrogen-bond acceptors (Lipinski definition) is 7. The molecule has 3 fully saturated rings. The Balaban J connectivity index is 1.02. The van der Waals surface area contributed by atoms with Gasteiger partial charge in [0.1, 0.15) is 29.2 Å². The Bertz CT molecular complexity index is 1680. The molecule has 48 heavy (non-hydrogen) atoms. The second-order valence-electron chi connectivity index (χ2n) is 16.0. The zero-order valence-electron chi connectivity index (χ0n) is 29.1. The average Bonchev–Trinajstić information content (AvgIpc) is 3.29. The first kappa shape index (κ1) is 34.1. The number of fused-ring (bicyclic) bond motifs is 1. The molecule has 2 amide bonds. The van der Waals surface area contributed by atoms with Crippen molar-refractivity contribution in [3.05, 3.63) is 57.9 Å². The summed E-state index contributed by atoms with van der Waals surface area (Å²) < 4.78 is 11.9. The number of halogens is 1. The lowest BCUT2D eigenvalue weighted by Gasteiger charge is -2.65. The maximum Gasteiger partial charge on any atom is 0.410 e. The fourth-order valence-electron chi connectivity index (χ4n) is 8.46. The highest BCUT2D eigenvalue weighted by molar-refractivity contribution is 6.31. The van der Waals surface area contributed by atoms with Gasteiger partial charge in [-0.05, 0) is 76.9 Å². The van der Waals surface area contributed by atoms with Crippen LogP contribution < -0.4 is 4.74 Å². The van der Waals surface area contributed by atoms with Gasteiger partial charge >= 0.3 is 6.09 Å². The predicted octanol–water partition coefficient (Wildman–Crippen LogP) is 6.38. The Hall–Kier alpha value is -3.79. The lowest BCUT2D eigenvalue weighted by molar-refractivity contribution is -0.199. The third-order valence-electron chi connectivity index (χ3n) is 10.3. The number of benzene rings is 1. The van der Waals surface area contributed by atoms with Gasteiger partial charge in [-0.3, -0.25) is 4.79 Å². The van der Waals surface area contributed by atoms with Crippen LogP contribution in [0.15, 0.2) is 30.3 Å². The topological polar surface area (TPSA) is 99.0 Å². The Morgan fingerprint density at radius 1 is 1.08 bits per heavy atom. The molecule has 0 radical (unpaired) electrons. The average molecular weight is 672 g/mol. The van der Waals surface area contributed by atoms with Crippen LogP contribution in [0.4, 0.5) is 4.79 Å². The maximum absolute atomic E-state index is 13.7. The Labute approximate surface area is 289 Å². The van der Waals surface area contributed by atoms with Crippen LogP contribution in [-0.2, 0) is 11.3 Å². The minimum absolute atomic E-state index is 0.00363. The molecule has 9 nitrogen and oxygen atoms in total. The van der Waals surface area contributed by atoms with Crippen molar-refractivity contribution in [1.29, 1.82) is 5.26 Å². The summed E-state index contributed by atoms with van der Waals surface area (Å²) in [6.07, 6.45) is 1.63. The number of amides is 2. The van der Waals surface area contributed by atoms with Gasteiger partial charge in [0.15, 0.2) is 0 Å². The zero-order chi connectivity index (χ0) is 34.6. The lowest BCUT2D eigenvalue weighted by atomic mass is 9.49. The molecule has 254 valence electrons. The number of carbonyl (C=O) groups excluding carboxylic acids is 2. The van der Waals surface area contributed by atoms with Gasteiger partial charge in [-0.25, -0.2) is 9.78 Å². The number of nitriles is 1. The van der Waals surface area contributed by atoms with Crippen molar-refractivity contribution in [1.82, 2.24) is 19.7 Å². The minimum atomic E-state index is -0.464. The van der Waals surface area contributed by atoms with Crippen molar-refractivity contribution < 1.29 is 19.1 Å². The van der Waals surface area contributed by atoms with Gasteiger partial charge in [0.2, 0.25) is 0 Å². The number of carbonyl (C=O) groups is 2. The van der Waals surface area contributed by atoms with Gasteiger partial charge < -0.3 is 24.2 Å². The molecule has 0 unspecified atom stereocenters. The van der Waals surface area contributed by atoms with Crippen LogP contribution in [0.5, 0.6) is 5.75 Å². The highest BCUT2D eigenvalue weighted by Gasteiger charge is 2.67. The van der Waals surface area contributed by atoms with Gasteiger partial charge in [-0.15, -0.1) is 0 Å². The standard InChI is InChI=1S/C38H46ClN5O4/c1-36(2,3)48-35(46)43-21-25(22-43)20-42-16-14-24(15-17-42)8-10-27-11-13-29-31(41-27)23-44(32(29)45)33-37(4,5)34(38(33,6)7)47-28-12-9-26(19-40)30(39)18-28/h9,11-13,18,24-25,33-34H,14-17,20-23H2,1-7H3. The molecule has 1 aromatic carbocycles. The summed E-state index contributed by atoms with van der Waals surface area (Å²) in [6, 6.07) is 10.9. The van der Waals surface area contributed by atoms with Crippen molar-refractivity contribution in [2.24, 2.45) is 22.7 Å². The highest BCUT2D eigenvalue weighted by Crippen LogP contribution is 2.59. The molecule has 1 aromatic heterocycles. The molecule has 10 heteroatoms. The first-order chi connectivity index (χ1) is 22.6. The number of rotatable bonds is 5. The second-order valence-corrected chi connectivity index (χ2v) is 16.4. The molecule has 2 aromatic rings. The van der Waals surface area contributed by atoms with Gasteiger partial charge in [0.05, 0.1) is 28.4 Å². The zero-order valence-corrected chi connectivity index (χ0v) is 29.9. The summed E-state index contributed by atoms with van der Waals surface area (Å²) in [5, 5.41) is 9.58. The molecule has 3 aliphatic heterocycles. The number of pyridine rings is 1. The molecule has 4 aliphatic rings. The summed E-state index contributed by atoms with van der Waals surface area (Å²) in [7, 11) is 0. The molecular formula is C38H46ClN5O4. The van der Waals surface area contributed by atoms with Crippen LogP contribution in [-0.4, -0.2) is 82.2 Å². The number of nitrogens with zero attached hydrogens (tertiary/aromatic N) is 5. The number of ether oxygens (including phenoxy) is 2. The van der Waals surface area contributed by atoms with E-state index in [-0.39, 0.29) is 35.0 Å². The van der Waals surface area contributed by atoms with Crippen LogP contribution in [0.3, 0.4) is 0 Å². The van der Waals surface area contributed by atoms with Gasteiger partial charge in [0.25, 0.3) is 5.91 Å². The fourth-order valence-corrected chi connectivity index (χ4v) is 8.67. The summed E-state index contributed by atoms with van der Waals surface area (Å²) in [4.78, 5) is 37.0. The van der Waals surface area contributed by atoms with Crippen molar-refractivity contribution in [2.75, 3.05) is 32.7 Å². The van der Waals surface area contributed by atoms with E-state index < -0.39 is 5.60 Å². The molecule has 0 bridgehead atoms. The maximum atomic E-state index is 13.7. The molecule has 0 spiro atoms. The van der Waals surface area contributed by atoms with E-state index in [2.05, 4.69) is 50.5 Å². The minimum Gasteiger partial charge on any atom is -0.489 e. The molecule has 0 atom stereocenters. The Morgan fingerprint density at radius 3 is 2.40 bits per heavy atom. The highest BCUT2D eigenvalue weighted by atomic mass is 35.5. The monoisotopic (exact) mass is 671 g/mol. The van der Waals surface area contributed by atoms with Gasteiger partial charge in [0, 0.05) is 54.4 Å². The van der Waals surface area contributed by atoms with Crippen molar-refractivity contribution in [2.45, 2.75) is 85.6 Å². The molecule has 0 N–H and O–H groups in total. The molecule has 4 heterocycles. The van der Waals surface area contributed by atoms with E-state index in [0.29, 0.717) is 46.0 Å². The number of aromatic nitrogens is 1. The van der Waals surface area contributed by atoms with Crippen molar-refractivity contribution >= 4 is 23.6 Å². The predicted molar refractivity (Wildman–Crippen MR) is 183 cm³/mol. The van der Waals surface area contributed by atoms with Crippen molar-refractivity contribution in [3.8, 4) is 23.7 Å². The number of likely N-dealkylation sites (tertiary alicyclic amines) is 2. The molecule has 2 saturated heterocycles. The third kappa shape index (κ3) is 6.60. The quantitative estimate of drug-likeness (QED) is 0.341.